The van der Waals surface area contributed by atoms with Gasteiger partial charge in [0.2, 0.25) is 11.8 Å². The third-order valence-electron chi connectivity index (χ3n) is 7.04. The van der Waals surface area contributed by atoms with Crippen LogP contribution in [-0.2, 0) is 27.0 Å². The van der Waals surface area contributed by atoms with Crippen molar-refractivity contribution < 1.29 is 41.6 Å². The number of carbonyl (C=O) groups is 3. The van der Waals surface area contributed by atoms with Crippen LogP contribution >= 0.6 is 0 Å². The summed E-state index contributed by atoms with van der Waals surface area (Å²) in [7, 11) is 1.41. The summed E-state index contributed by atoms with van der Waals surface area (Å²) in [5, 5.41) is 6.61. The molecule has 0 saturated carbocycles. The smallest absolute Gasteiger partial charge is 0.416 e. The van der Waals surface area contributed by atoms with E-state index in [0.29, 0.717) is 24.5 Å². The van der Waals surface area contributed by atoms with Crippen LogP contribution in [0.25, 0.3) is 0 Å². The van der Waals surface area contributed by atoms with E-state index >= 15 is 0 Å². The molecule has 40 heavy (non-hydrogen) atoms. The molecule has 2 aliphatic heterocycles. The SMILES string of the molecule is COCC(=O)N1CCN2C(=O)CN(Cc3c(C)noc3C)CCNC(=O)c3cc(C(F)(F)F)ccc3OC[C@@H]2C1. The van der Waals surface area contributed by atoms with E-state index in [1.54, 1.807) is 23.6 Å². The summed E-state index contributed by atoms with van der Waals surface area (Å²) >= 11 is 0. The van der Waals surface area contributed by atoms with Gasteiger partial charge in [-0.3, -0.25) is 19.3 Å². The average Bonchev–Trinajstić information content (AvgIpc) is 3.22. The minimum atomic E-state index is -4.66. The molecule has 0 bridgehead atoms. The van der Waals surface area contributed by atoms with E-state index in [9.17, 15) is 27.6 Å². The Hall–Kier alpha value is -3.65. The molecule has 4 rings (SSSR count). The third-order valence-corrected chi connectivity index (χ3v) is 7.04. The molecule has 1 aromatic carbocycles. The van der Waals surface area contributed by atoms with Crippen molar-refractivity contribution >= 4 is 17.7 Å². The van der Waals surface area contributed by atoms with E-state index in [1.807, 2.05) is 4.90 Å². The monoisotopic (exact) mass is 567 g/mol. The van der Waals surface area contributed by atoms with Crippen molar-refractivity contribution in [2.75, 3.05) is 59.6 Å². The second-order valence-corrected chi connectivity index (χ2v) is 9.80. The number of aryl methyl sites for hydroxylation is 2. The van der Waals surface area contributed by atoms with Gasteiger partial charge in [0.1, 0.15) is 24.7 Å². The fourth-order valence-electron chi connectivity index (χ4n) is 4.83. The summed E-state index contributed by atoms with van der Waals surface area (Å²) < 4.78 is 56.4. The molecule has 0 unspecified atom stereocenters. The Morgan fingerprint density at radius 3 is 2.65 bits per heavy atom. The predicted molar refractivity (Wildman–Crippen MR) is 134 cm³/mol. The number of benzene rings is 1. The Kier molecular flexibility index (Phi) is 8.98. The molecule has 0 spiro atoms. The van der Waals surface area contributed by atoms with Gasteiger partial charge in [-0.25, -0.2) is 0 Å². The van der Waals surface area contributed by atoms with E-state index in [4.69, 9.17) is 14.0 Å². The zero-order valence-electron chi connectivity index (χ0n) is 22.5. The molecule has 1 aromatic heterocycles. The number of fused-ring (bicyclic) bond motifs is 2. The van der Waals surface area contributed by atoms with Crippen molar-refractivity contribution in [2.24, 2.45) is 0 Å². The van der Waals surface area contributed by atoms with Gasteiger partial charge in [-0.2, -0.15) is 13.2 Å². The normalized spacial score (nSPS) is 19.5. The van der Waals surface area contributed by atoms with Crippen LogP contribution in [0.5, 0.6) is 5.75 Å². The number of nitrogens with zero attached hydrogens (tertiary/aromatic N) is 4. The van der Waals surface area contributed by atoms with Gasteiger partial charge in [-0.1, -0.05) is 5.16 Å². The van der Waals surface area contributed by atoms with Crippen LogP contribution in [0, 0.1) is 13.8 Å². The quantitative estimate of drug-likeness (QED) is 0.593. The Bertz CT molecular complexity index is 1230. The number of piperazine rings is 1. The molecule has 1 fully saturated rings. The maximum Gasteiger partial charge on any atom is 0.416 e. The largest absolute Gasteiger partial charge is 0.491 e. The number of nitrogens with one attached hydrogen (secondary N) is 1. The molecular weight excluding hydrogens is 535 g/mol. The lowest BCUT2D eigenvalue weighted by Gasteiger charge is -2.42. The average molecular weight is 568 g/mol. The van der Waals surface area contributed by atoms with Gasteiger partial charge >= 0.3 is 6.18 Å². The fourth-order valence-corrected chi connectivity index (χ4v) is 4.83. The summed E-state index contributed by atoms with van der Waals surface area (Å²) in [4.78, 5) is 44.1. The third kappa shape index (κ3) is 6.73. The number of rotatable bonds is 4. The molecule has 14 heteroatoms. The van der Waals surface area contributed by atoms with Crippen LogP contribution in [0.15, 0.2) is 22.7 Å². The van der Waals surface area contributed by atoms with Gasteiger partial charge in [0.25, 0.3) is 5.91 Å². The zero-order valence-corrected chi connectivity index (χ0v) is 22.5. The highest BCUT2D eigenvalue weighted by Crippen LogP contribution is 2.33. The summed E-state index contributed by atoms with van der Waals surface area (Å²) in [5.74, 6) is -0.655. The fraction of sp³-hybridized carbons (Fsp3) is 0.538. The first-order valence-corrected chi connectivity index (χ1v) is 12.8. The number of amides is 3. The second kappa shape index (κ2) is 12.3. The first kappa shape index (κ1) is 29.3. The highest BCUT2D eigenvalue weighted by Gasteiger charge is 2.35. The van der Waals surface area contributed by atoms with E-state index in [1.165, 1.54) is 7.11 Å². The zero-order chi connectivity index (χ0) is 29.0. The number of alkyl halides is 3. The molecule has 3 amide bonds. The van der Waals surface area contributed by atoms with Gasteiger partial charge in [0, 0.05) is 51.9 Å². The standard InChI is InChI=1S/C26H32F3N5O6/c1-16-21(17(2)40-31-16)12-32-7-6-30-25(37)20-10-18(26(27,28)29)4-5-22(20)39-14-19-11-33(24(36)15-38-3)8-9-34(19)23(35)13-32/h4-5,10,19H,6-9,11-15H2,1-3H3,(H,30,37)/t19-/m0/s1. The van der Waals surface area contributed by atoms with Gasteiger partial charge < -0.3 is 29.1 Å². The van der Waals surface area contributed by atoms with Crippen LogP contribution in [0.4, 0.5) is 13.2 Å². The lowest BCUT2D eigenvalue weighted by molar-refractivity contribution is -0.146. The van der Waals surface area contributed by atoms with Crippen molar-refractivity contribution in [1.82, 2.24) is 25.2 Å². The lowest BCUT2D eigenvalue weighted by atomic mass is 10.1. The number of hydrogen-bond donors (Lipinski definition) is 1. The van der Waals surface area contributed by atoms with Crippen LogP contribution in [0.1, 0.15) is 32.9 Å². The van der Waals surface area contributed by atoms with E-state index in [2.05, 4.69) is 10.5 Å². The van der Waals surface area contributed by atoms with Gasteiger partial charge in [0.15, 0.2) is 0 Å². The van der Waals surface area contributed by atoms with E-state index in [0.717, 1.165) is 23.8 Å². The summed E-state index contributed by atoms with van der Waals surface area (Å²) in [6, 6.07) is 2.09. The van der Waals surface area contributed by atoms with Crippen molar-refractivity contribution in [3.05, 3.63) is 46.3 Å². The first-order valence-electron chi connectivity index (χ1n) is 12.8. The summed E-state index contributed by atoms with van der Waals surface area (Å²) in [6.45, 7) is 4.54. The number of hydrogen-bond acceptors (Lipinski definition) is 8. The number of ether oxygens (including phenoxy) is 2. The van der Waals surface area contributed by atoms with Crippen molar-refractivity contribution in [3.63, 3.8) is 0 Å². The Morgan fingerprint density at radius 1 is 1.20 bits per heavy atom. The minimum Gasteiger partial charge on any atom is -0.491 e. The van der Waals surface area contributed by atoms with Gasteiger partial charge in [0.05, 0.1) is 29.4 Å². The van der Waals surface area contributed by atoms with Crippen LogP contribution in [0.3, 0.4) is 0 Å². The van der Waals surface area contributed by atoms with Crippen molar-refractivity contribution in [3.8, 4) is 5.75 Å². The number of methoxy groups -OCH3 is 1. The molecule has 1 saturated heterocycles. The summed E-state index contributed by atoms with van der Waals surface area (Å²) in [6.07, 6.45) is -4.66. The molecule has 1 N–H and O–H groups in total. The van der Waals surface area contributed by atoms with Crippen molar-refractivity contribution in [1.29, 1.82) is 0 Å². The lowest BCUT2D eigenvalue weighted by Crippen LogP contribution is -2.60. The number of halogens is 3. The molecule has 3 heterocycles. The molecule has 0 aliphatic carbocycles. The second-order valence-electron chi connectivity index (χ2n) is 9.80. The molecule has 218 valence electrons. The number of aromatic nitrogens is 1. The molecule has 2 aliphatic rings. The highest BCUT2D eigenvalue weighted by molar-refractivity contribution is 5.97. The topological polar surface area (TPSA) is 117 Å². The van der Waals surface area contributed by atoms with Crippen molar-refractivity contribution in [2.45, 2.75) is 32.6 Å². The van der Waals surface area contributed by atoms with Gasteiger partial charge in [-0.15, -0.1) is 0 Å². The van der Waals surface area contributed by atoms with E-state index < -0.39 is 23.7 Å². The number of carbonyl (C=O) groups excluding carboxylic acids is 3. The molecular formula is C26H32F3N5O6. The Morgan fingerprint density at radius 2 is 1.98 bits per heavy atom. The van der Waals surface area contributed by atoms with Gasteiger partial charge in [-0.05, 0) is 32.0 Å². The maximum absolute atomic E-state index is 13.6. The predicted octanol–water partition coefficient (Wildman–Crippen LogP) is 1.62. The van der Waals surface area contributed by atoms with Crippen LogP contribution in [0.2, 0.25) is 0 Å². The highest BCUT2D eigenvalue weighted by atomic mass is 19.4. The summed E-state index contributed by atoms with van der Waals surface area (Å²) in [5.41, 5.74) is 0.216. The van der Waals surface area contributed by atoms with Crippen LogP contribution in [-0.4, -0.2) is 103 Å². The Labute approximate surface area is 229 Å². The molecule has 2 aromatic rings. The van der Waals surface area contributed by atoms with E-state index in [-0.39, 0.29) is 69.1 Å². The molecule has 0 radical (unpaired) electrons. The maximum atomic E-state index is 13.6. The molecule has 1 atom stereocenters. The van der Waals surface area contributed by atoms with Crippen LogP contribution < -0.4 is 10.1 Å². The first-order chi connectivity index (χ1) is 19.0. The minimum absolute atomic E-state index is 0.00633. The Balaban J connectivity index is 1.66. The molecule has 11 nitrogen and oxygen atoms in total.